The second kappa shape index (κ2) is 8.13. The van der Waals surface area contributed by atoms with Gasteiger partial charge in [0, 0.05) is 0 Å². The lowest BCUT2D eigenvalue weighted by Gasteiger charge is -2.57. The van der Waals surface area contributed by atoms with Crippen LogP contribution in [0.15, 0.2) is 109 Å². The van der Waals surface area contributed by atoms with Crippen LogP contribution in [0.5, 0.6) is 0 Å². The SMILES string of the molecule is Cc1cc(-c2ccc(C34CC5CC(CC(C5)C3)C4)cc2)c2c(c1)C1(c3ccccc3-c3ccccc31)c1ccccc1-2. The maximum absolute atomic E-state index is 2.52. The summed E-state index contributed by atoms with van der Waals surface area (Å²) in [6, 6.07) is 42.4. The van der Waals surface area contributed by atoms with Gasteiger partial charge in [-0.1, -0.05) is 115 Å². The fraction of sp³-hybridized carbons (Fsp3) is 0.286. The second-order valence-electron chi connectivity index (χ2n) is 14.4. The van der Waals surface area contributed by atoms with Gasteiger partial charge in [-0.05, 0) is 130 Å². The zero-order valence-electron chi connectivity index (χ0n) is 24.4. The van der Waals surface area contributed by atoms with Crippen molar-refractivity contribution in [2.24, 2.45) is 17.8 Å². The lowest BCUT2D eigenvalue weighted by atomic mass is 9.48. The van der Waals surface area contributed by atoms with Crippen molar-refractivity contribution in [2.45, 2.75) is 56.3 Å². The molecule has 5 aromatic rings. The molecule has 0 unspecified atom stereocenters. The lowest BCUT2D eigenvalue weighted by Crippen LogP contribution is -2.48. The topological polar surface area (TPSA) is 0 Å². The molecule has 0 aliphatic heterocycles. The van der Waals surface area contributed by atoms with Crippen LogP contribution in [0.4, 0.5) is 0 Å². The molecule has 6 aliphatic rings. The van der Waals surface area contributed by atoms with Crippen LogP contribution in [0.3, 0.4) is 0 Å². The van der Waals surface area contributed by atoms with Gasteiger partial charge in [-0.2, -0.15) is 0 Å². The highest BCUT2D eigenvalue weighted by atomic mass is 14.6. The van der Waals surface area contributed by atoms with Gasteiger partial charge < -0.3 is 0 Å². The zero-order chi connectivity index (χ0) is 27.6. The van der Waals surface area contributed by atoms with Gasteiger partial charge in [0.1, 0.15) is 0 Å². The van der Waals surface area contributed by atoms with Crippen LogP contribution in [-0.4, -0.2) is 0 Å². The first-order chi connectivity index (χ1) is 20.6. The van der Waals surface area contributed by atoms with Crippen LogP contribution >= 0.6 is 0 Å². The number of benzene rings is 5. The Labute approximate surface area is 249 Å². The molecule has 6 aliphatic carbocycles. The molecule has 0 atom stereocenters. The molecule has 204 valence electrons. The van der Waals surface area contributed by atoms with E-state index < -0.39 is 0 Å². The van der Waals surface area contributed by atoms with Gasteiger partial charge in [0.25, 0.3) is 0 Å². The molecule has 4 bridgehead atoms. The molecule has 0 amide bonds. The fourth-order valence-corrected chi connectivity index (χ4v) is 11.1. The third kappa shape index (κ3) is 2.89. The summed E-state index contributed by atoms with van der Waals surface area (Å²) in [6.45, 7) is 2.29. The van der Waals surface area contributed by atoms with Crippen molar-refractivity contribution >= 4 is 0 Å². The molecule has 0 radical (unpaired) electrons. The largest absolute Gasteiger partial charge is 0.0725 e. The maximum atomic E-state index is 2.52. The van der Waals surface area contributed by atoms with Crippen molar-refractivity contribution in [2.75, 3.05) is 0 Å². The summed E-state index contributed by atoms with van der Waals surface area (Å²) in [5.74, 6) is 2.92. The molecule has 0 heterocycles. The molecule has 11 rings (SSSR count). The van der Waals surface area contributed by atoms with E-state index in [2.05, 4.69) is 116 Å². The molecule has 0 aromatic heterocycles. The summed E-state index contributed by atoms with van der Waals surface area (Å²) in [7, 11) is 0. The Kier molecular flexibility index (Phi) is 4.58. The third-order valence-electron chi connectivity index (χ3n) is 12.1. The number of hydrogen-bond donors (Lipinski definition) is 0. The third-order valence-corrected chi connectivity index (χ3v) is 12.1. The summed E-state index contributed by atoms with van der Waals surface area (Å²) >= 11 is 0. The van der Waals surface area contributed by atoms with Crippen molar-refractivity contribution in [3.05, 3.63) is 143 Å². The summed E-state index contributed by atoms with van der Waals surface area (Å²) in [6.07, 6.45) is 8.77. The second-order valence-corrected chi connectivity index (χ2v) is 14.4. The van der Waals surface area contributed by atoms with Crippen LogP contribution in [-0.2, 0) is 10.8 Å². The molecule has 0 heteroatoms. The van der Waals surface area contributed by atoms with E-state index >= 15 is 0 Å². The minimum absolute atomic E-state index is 0.279. The molecule has 4 saturated carbocycles. The summed E-state index contributed by atoms with van der Waals surface area (Å²) in [4.78, 5) is 0. The first kappa shape index (κ1) is 23.6. The fourth-order valence-electron chi connectivity index (χ4n) is 11.1. The molecule has 4 fully saturated rings. The monoisotopic (exact) mass is 540 g/mol. The average molecular weight is 541 g/mol. The molecule has 0 saturated heterocycles. The zero-order valence-corrected chi connectivity index (χ0v) is 24.4. The van der Waals surface area contributed by atoms with E-state index in [0.717, 1.165) is 17.8 Å². The summed E-state index contributed by atoms with van der Waals surface area (Å²) < 4.78 is 0. The van der Waals surface area contributed by atoms with Crippen LogP contribution in [0.1, 0.15) is 71.9 Å². The van der Waals surface area contributed by atoms with E-state index in [0.29, 0.717) is 5.41 Å². The molecular weight excluding hydrogens is 504 g/mol. The average Bonchev–Trinajstić information content (AvgIpc) is 3.47. The Morgan fingerprint density at radius 2 is 1.00 bits per heavy atom. The molecular formula is C42H36. The molecule has 0 nitrogen and oxygen atoms in total. The predicted octanol–water partition coefficient (Wildman–Crippen LogP) is 10.5. The highest BCUT2D eigenvalue weighted by Crippen LogP contribution is 2.64. The van der Waals surface area contributed by atoms with E-state index in [1.807, 2.05) is 0 Å². The van der Waals surface area contributed by atoms with Gasteiger partial charge >= 0.3 is 0 Å². The van der Waals surface area contributed by atoms with Gasteiger partial charge in [-0.15, -0.1) is 0 Å². The first-order valence-electron chi connectivity index (χ1n) is 16.2. The van der Waals surface area contributed by atoms with Gasteiger partial charge in [-0.3, -0.25) is 0 Å². The Hall–Kier alpha value is -3.90. The van der Waals surface area contributed by atoms with Gasteiger partial charge in [-0.25, -0.2) is 0 Å². The Balaban J connectivity index is 1.19. The first-order valence-corrected chi connectivity index (χ1v) is 16.2. The quantitative estimate of drug-likeness (QED) is 0.205. The van der Waals surface area contributed by atoms with E-state index in [1.54, 1.807) is 5.56 Å². The maximum Gasteiger partial charge on any atom is 0.0725 e. The molecule has 42 heavy (non-hydrogen) atoms. The number of rotatable bonds is 2. The smallest absolute Gasteiger partial charge is 0.0619 e. The van der Waals surface area contributed by atoms with Crippen molar-refractivity contribution < 1.29 is 0 Å². The van der Waals surface area contributed by atoms with E-state index in [9.17, 15) is 0 Å². The van der Waals surface area contributed by atoms with Crippen LogP contribution in [0.25, 0.3) is 33.4 Å². The van der Waals surface area contributed by atoms with E-state index in [-0.39, 0.29) is 5.41 Å². The van der Waals surface area contributed by atoms with Crippen LogP contribution in [0, 0.1) is 24.7 Å². The highest BCUT2D eigenvalue weighted by molar-refractivity contribution is 6.00. The molecule has 1 spiro atoms. The number of hydrogen-bond acceptors (Lipinski definition) is 0. The summed E-state index contributed by atoms with van der Waals surface area (Å²) in [5.41, 5.74) is 17.1. The van der Waals surface area contributed by atoms with Crippen molar-refractivity contribution in [1.82, 2.24) is 0 Å². The Morgan fingerprint density at radius 3 is 1.57 bits per heavy atom. The lowest BCUT2D eigenvalue weighted by molar-refractivity contribution is -0.00518. The Bertz CT molecular complexity index is 1840. The highest BCUT2D eigenvalue weighted by Gasteiger charge is 2.53. The van der Waals surface area contributed by atoms with E-state index in [4.69, 9.17) is 0 Å². The van der Waals surface area contributed by atoms with Gasteiger partial charge in [0.15, 0.2) is 0 Å². The number of fused-ring (bicyclic) bond motifs is 10. The molecule has 0 N–H and O–H groups in total. The minimum atomic E-state index is -0.279. The molecule has 5 aromatic carbocycles. The normalized spacial score (nSPS) is 26.6. The predicted molar refractivity (Wildman–Crippen MR) is 173 cm³/mol. The van der Waals surface area contributed by atoms with Crippen LogP contribution < -0.4 is 0 Å². The minimum Gasteiger partial charge on any atom is -0.0619 e. The van der Waals surface area contributed by atoms with Crippen molar-refractivity contribution in [3.63, 3.8) is 0 Å². The van der Waals surface area contributed by atoms with Crippen molar-refractivity contribution in [3.8, 4) is 33.4 Å². The number of aryl methyl sites for hydroxylation is 1. The summed E-state index contributed by atoms with van der Waals surface area (Å²) in [5, 5.41) is 0. The van der Waals surface area contributed by atoms with E-state index in [1.165, 1.54) is 99.7 Å². The standard InChI is InChI=1S/C42H36/c1-26-18-35(30-14-16-31(17-15-30)41-23-27-20-28(24-41)22-29(21-27)25-41)40-34-10-4-7-13-38(34)42(39(40)19-26)36-11-5-2-8-32(36)33-9-3-6-12-37(33)42/h2-19,27-29H,20-25H2,1H3. The van der Waals surface area contributed by atoms with Gasteiger partial charge in [0.2, 0.25) is 0 Å². The Morgan fingerprint density at radius 1 is 0.500 bits per heavy atom. The van der Waals surface area contributed by atoms with Gasteiger partial charge in [0.05, 0.1) is 5.41 Å². The van der Waals surface area contributed by atoms with Crippen LogP contribution in [0.2, 0.25) is 0 Å². The van der Waals surface area contributed by atoms with Crippen molar-refractivity contribution in [1.29, 1.82) is 0 Å².